The molecule has 6 heteroatoms. The highest BCUT2D eigenvalue weighted by molar-refractivity contribution is 6.30. The third-order valence-corrected chi connectivity index (χ3v) is 3.17. The molecule has 1 aromatic rings. The van der Waals surface area contributed by atoms with Gasteiger partial charge in [-0.05, 0) is 31.2 Å². The minimum absolute atomic E-state index is 0.241. The largest absolute Gasteiger partial charge is 0.489 e. The Kier molecular flexibility index (Phi) is 5.49. The average molecular weight is 299 g/mol. The summed E-state index contributed by atoms with van der Waals surface area (Å²) >= 11 is 6.01. The zero-order chi connectivity index (χ0) is 14.4. The van der Waals surface area contributed by atoms with Gasteiger partial charge in [-0.3, -0.25) is 0 Å². The van der Waals surface area contributed by atoms with Crippen LogP contribution in [0.3, 0.4) is 0 Å². The molecule has 1 heterocycles. The Bertz CT molecular complexity index is 468. The van der Waals surface area contributed by atoms with E-state index in [-0.39, 0.29) is 12.2 Å². The topological polar surface area (TPSA) is 59.6 Å². The van der Waals surface area contributed by atoms with Crippen LogP contribution in [0, 0.1) is 0 Å². The molecule has 0 bridgehead atoms. The first kappa shape index (κ1) is 14.9. The number of carbonyl (C=O) groups excluding carboxylic acids is 1. The fourth-order valence-electron chi connectivity index (χ4n) is 1.93. The number of nitrogens with one attached hydrogen (secondary N) is 2. The Morgan fingerprint density at radius 2 is 2.40 bits per heavy atom. The van der Waals surface area contributed by atoms with Gasteiger partial charge < -0.3 is 20.1 Å². The zero-order valence-corrected chi connectivity index (χ0v) is 12.2. The zero-order valence-electron chi connectivity index (χ0n) is 11.4. The molecule has 5 nitrogen and oxygen atoms in total. The van der Waals surface area contributed by atoms with E-state index in [0.29, 0.717) is 24.7 Å². The van der Waals surface area contributed by atoms with Crippen LogP contribution in [0.25, 0.3) is 0 Å². The molecular weight excluding hydrogens is 280 g/mol. The van der Waals surface area contributed by atoms with E-state index in [9.17, 15) is 4.79 Å². The molecule has 1 fully saturated rings. The molecule has 20 heavy (non-hydrogen) atoms. The van der Waals surface area contributed by atoms with Gasteiger partial charge in [-0.1, -0.05) is 18.5 Å². The molecule has 1 aromatic carbocycles. The summed E-state index contributed by atoms with van der Waals surface area (Å²) in [7, 11) is 0. The van der Waals surface area contributed by atoms with E-state index in [1.54, 1.807) is 6.07 Å². The van der Waals surface area contributed by atoms with Crippen LogP contribution in [0.4, 0.5) is 4.79 Å². The molecule has 2 rings (SSSR count). The molecule has 0 saturated carbocycles. The van der Waals surface area contributed by atoms with Crippen molar-refractivity contribution in [3.63, 3.8) is 0 Å². The average Bonchev–Trinajstić information content (AvgIpc) is 2.84. The van der Waals surface area contributed by atoms with E-state index in [1.807, 2.05) is 12.1 Å². The lowest BCUT2D eigenvalue weighted by Crippen LogP contribution is -2.22. The van der Waals surface area contributed by atoms with Crippen molar-refractivity contribution in [1.82, 2.24) is 10.6 Å². The highest BCUT2D eigenvalue weighted by Crippen LogP contribution is 2.23. The smallest absolute Gasteiger partial charge is 0.407 e. The maximum Gasteiger partial charge on any atom is 0.407 e. The monoisotopic (exact) mass is 298 g/mol. The van der Waals surface area contributed by atoms with E-state index in [1.165, 1.54) is 0 Å². The summed E-state index contributed by atoms with van der Waals surface area (Å²) in [6.45, 7) is 4.57. The Labute approximate surface area is 123 Å². The van der Waals surface area contributed by atoms with Crippen molar-refractivity contribution in [2.45, 2.75) is 26.0 Å². The molecule has 1 aliphatic rings. The highest BCUT2D eigenvalue weighted by Gasteiger charge is 2.23. The first-order valence-corrected chi connectivity index (χ1v) is 7.13. The maximum absolute atomic E-state index is 10.9. The third kappa shape index (κ3) is 4.28. The van der Waals surface area contributed by atoms with E-state index < -0.39 is 0 Å². The van der Waals surface area contributed by atoms with Crippen LogP contribution >= 0.6 is 11.6 Å². The van der Waals surface area contributed by atoms with Crippen LogP contribution in [-0.2, 0) is 11.3 Å². The van der Waals surface area contributed by atoms with Gasteiger partial charge in [0.15, 0.2) is 6.10 Å². The second-order valence-electron chi connectivity index (χ2n) is 4.65. The van der Waals surface area contributed by atoms with Gasteiger partial charge in [0.1, 0.15) is 12.4 Å². The molecule has 2 N–H and O–H groups in total. The summed E-state index contributed by atoms with van der Waals surface area (Å²) in [5, 5.41) is 6.59. The number of amides is 1. The van der Waals surface area contributed by atoms with Gasteiger partial charge in [0, 0.05) is 17.1 Å². The van der Waals surface area contributed by atoms with Crippen LogP contribution < -0.4 is 15.4 Å². The van der Waals surface area contributed by atoms with Gasteiger partial charge in [0.05, 0.1) is 6.54 Å². The van der Waals surface area contributed by atoms with Crippen molar-refractivity contribution in [3.8, 4) is 5.75 Å². The number of alkyl carbamates (subject to hydrolysis) is 1. The van der Waals surface area contributed by atoms with Crippen molar-refractivity contribution in [2.24, 2.45) is 0 Å². The number of benzene rings is 1. The number of hydrogen-bond acceptors (Lipinski definition) is 4. The molecule has 0 radical (unpaired) electrons. The molecule has 1 amide bonds. The number of carbonyl (C=O) groups is 1. The Balaban J connectivity index is 1.93. The van der Waals surface area contributed by atoms with Crippen LogP contribution in [0.5, 0.6) is 5.75 Å². The fraction of sp³-hybridized carbons (Fsp3) is 0.500. The van der Waals surface area contributed by atoms with Crippen LogP contribution in [-0.4, -0.2) is 31.9 Å². The van der Waals surface area contributed by atoms with Crippen molar-refractivity contribution in [3.05, 3.63) is 28.8 Å². The first-order chi connectivity index (χ1) is 9.69. The second-order valence-corrected chi connectivity index (χ2v) is 5.08. The maximum atomic E-state index is 10.9. The summed E-state index contributed by atoms with van der Waals surface area (Å²) in [5.41, 5.74) is 1.00. The van der Waals surface area contributed by atoms with Crippen LogP contribution in [0.2, 0.25) is 5.02 Å². The summed E-state index contributed by atoms with van der Waals surface area (Å²) in [6, 6.07) is 5.52. The van der Waals surface area contributed by atoms with Crippen molar-refractivity contribution < 1.29 is 14.3 Å². The number of ether oxygens (including phenoxy) is 2. The van der Waals surface area contributed by atoms with Crippen molar-refractivity contribution >= 4 is 17.7 Å². The molecule has 0 spiro atoms. The Hall–Kier alpha value is -1.46. The molecule has 0 aromatic heterocycles. The summed E-state index contributed by atoms with van der Waals surface area (Å²) in [5.74, 6) is 0.765. The minimum atomic E-state index is -0.389. The van der Waals surface area contributed by atoms with E-state index >= 15 is 0 Å². The Morgan fingerprint density at radius 1 is 1.55 bits per heavy atom. The Morgan fingerprint density at radius 3 is 3.10 bits per heavy atom. The number of rotatable bonds is 7. The van der Waals surface area contributed by atoms with Gasteiger partial charge in [0.25, 0.3) is 0 Å². The van der Waals surface area contributed by atoms with Crippen molar-refractivity contribution in [2.75, 3.05) is 19.7 Å². The molecule has 1 saturated heterocycles. The van der Waals surface area contributed by atoms with Gasteiger partial charge in [-0.2, -0.15) is 0 Å². The highest BCUT2D eigenvalue weighted by atomic mass is 35.5. The fourth-order valence-corrected chi connectivity index (χ4v) is 2.13. The standard InChI is InChI=1S/C14H19ClN2O3/c1-2-5-16-7-10-6-11(15)3-4-13(10)19-9-12-8-17-14(18)20-12/h3-4,6,12,16H,2,5,7-9H2,1H3,(H,17,18). The molecular formula is C14H19ClN2O3. The lowest BCUT2D eigenvalue weighted by atomic mass is 10.2. The first-order valence-electron chi connectivity index (χ1n) is 6.75. The molecule has 1 aliphatic heterocycles. The predicted molar refractivity (Wildman–Crippen MR) is 77.2 cm³/mol. The molecule has 110 valence electrons. The van der Waals surface area contributed by atoms with Gasteiger partial charge in [0.2, 0.25) is 0 Å². The normalized spacial score (nSPS) is 17.7. The van der Waals surface area contributed by atoms with Crippen LogP contribution in [0.15, 0.2) is 18.2 Å². The number of hydrogen-bond donors (Lipinski definition) is 2. The predicted octanol–water partition coefficient (Wildman–Crippen LogP) is 2.33. The van der Waals surface area contributed by atoms with E-state index in [2.05, 4.69) is 17.6 Å². The van der Waals surface area contributed by atoms with Gasteiger partial charge in [-0.25, -0.2) is 4.79 Å². The van der Waals surface area contributed by atoms with E-state index in [4.69, 9.17) is 21.1 Å². The number of halogens is 1. The number of cyclic esters (lactones) is 1. The van der Waals surface area contributed by atoms with Crippen LogP contribution in [0.1, 0.15) is 18.9 Å². The lowest BCUT2D eigenvalue weighted by Gasteiger charge is -2.14. The molecule has 0 aliphatic carbocycles. The van der Waals surface area contributed by atoms with Gasteiger partial charge in [-0.15, -0.1) is 0 Å². The second kappa shape index (κ2) is 7.36. The summed E-state index contributed by atoms with van der Waals surface area (Å²) in [4.78, 5) is 10.9. The van der Waals surface area contributed by atoms with Gasteiger partial charge >= 0.3 is 6.09 Å². The van der Waals surface area contributed by atoms with E-state index in [0.717, 1.165) is 24.3 Å². The quantitative estimate of drug-likeness (QED) is 0.759. The third-order valence-electron chi connectivity index (χ3n) is 2.94. The minimum Gasteiger partial charge on any atom is -0.489 e. The SMILES string of the molecule is CCCNCc1cc(Cl)ccc1OCC1CNC(=O)O1. The summed E-state index contributed by atoms with van der Waals surface area (Å²) < 4.78 is 10.8. The molecule has 1 atom stereocenters. The molecule has 1 unspecified atom stereocenters. The van der Waals surface area contributed by atoms with Crippen molar-refractivity contribution in [1.29, 1.82) is 0 Å². The lowest BCUT2D eigenvalue weighted by molar-refractivity contribution is 0.104. The summed E-state index contributed by atoms with van der Waals surface area (Å²) in [6.07, 6.45) is 0.439.